The maximum atomic E-state index is 14.5. The van der Waals surface area contributed by atoms with Crippen LogP contribution in [0.2, 0.25) is 0 Å². The molecule has 2 aromatic heterocycles. The molecular formula is C24H21FN4O4. The van der Waals surface area contributed by atoms with Gasteiger partial charge in [-0.3, -0.25) is 19.6 Å². The molecular weight excluding hydrogens is 427 g/mol. The molecule has 2 aliphatic heterocycles. The highest BCUT2D eigenvalue weighted by Gasteiger charge is 2.34. The molecule has 0 saturated carbocycles. The molecule has 5 rings (SSSR count). The Bertz CT molecular complexity index is 1230. The molecule has 0 aliphatic carbocycles. The highest BCUT2D eigenvalue weighted by atomic mass is 19.1. The molecule has 3 aromatic rings. The van der Waals surface area contributed by atoms with Crippen molar-refractivity contribution in [2.75, 3.05) is 31.6 Å². The second-order valence-electron chi connectivity index (χ2n) is 8.04. The molecule has 33 heavy (non-hydrogen) atoms. The van der Waals surface area contributed by atoms with Crippen molar-refractivity contribution in [3.05, 3.63) is 65.9 Å². The Hall–Kier alpha value is -4.01. The number of benzene rings is 1. The van der Waals surface area contributed by atoms with Gasteiger partial charge >= 0.3 is 0 Å². The predicted molar refractivity (Wildman–Crippen MR) is 118 cm³/mol. The van der Waals surface area contributed by atoms with E-state index in [2.05, 4.69) is 15.3 Å². The number of fused-ring (bicyclic) bond motifs is 1. The Morgan fingerprint density at radius 1 is 1.24 bits per heavy atom. The number of amides is 2. The number of aromatic nitrogens is 2. The second-order valence-corrected chi connectivity index (χ2v) is 8.04. The van der Waals surface area contributed by atoms with Gasteiger partial charge in [0.05, 0.1) is 29.2 Å². The maximum Gasteiger partial charge on any atom is 0.262 e. The Morgan fingerprint density at radius 3 is 2.88 bits per heavy atom. The van der Waals surface area contributed by atoms with E-state index in [1.807, 2.05) is 31.2 Å². The summed E-state index contributed by atoms with van der Waals surface area (Å²) in [5.41, 5.74) is 2.61. The molecule has 4 heterocycles. The van der Waals surface area contributed by atoms with Gasteiger partial charge in [0.25, 0.3) is 11.8 Å². The monoisotopic (exact) mass is 448 g/mol. The SMILES string of the molecule is Cc1nccc(-c2ccccn2)c1OCC1CN(C(=O)c2cc3c(cc2F)OCC(=O)N3)C1. The van der Waals surface area contributed by atoms with Crippen LogP contribution in [-0.4, -0.2) is 53.0 Å². The average molecular weight is 448 g/mol. The van der Waals surface area contributed by atoms with Gasteiger partial charge in [-0.25, -0.2) is 4.39 Å². The fourth-order valence-electron chi connectivity index (χ4n) is 3.94. The first kappa shape index (κ1) is 20.9. The van der Waals surface area contributed by atoms with Crippen LogP contribution in [0.25, 0.3) is 11.3 Å². The Labute approximate surface area is 189 Å². The fraction of sp³-hybridized carbons (Fsp3) is 0.250. The molecule has 0 bridgehead atoms. The van der Waals surface area contributed by atoms with E-state index in [-0.39, 0.29) is 29.7 Å². The summed E-state index contributed by atoms with van der Waals surface area (Å²) in [5, 5.41) is 2.60. The molecule has 0 unspecified atom stereocenters. The van der Waals surface area contributed by atoms with Gasteiger partial charge in [-0.2, -0.15) is 0 Å². The summed E-state index contributed by atoms with van der Waals surface area (Å²) in [5.74, 6) is -0.469. The molecule has 1 fully saturated rings. The summed E-state index contributed by atoms with van der Waals surface area (Å²) >= 11 is 0. The third-order valence-corrected chi connectivity index (χ3v) is 5.66. The Balaban J connectivity index is 1.23. The standard InChI is InChI=1S/C24H21FN4O4/c1-14-23(16(5-7-26-14)19-4-2-3-6-27-19)33-12-15-10-29(11-15)24(31)17-8-20-21(9-18(17)25)32-13-22(30)28-20/h2-9,15H,10-13H2,1H3,(H,28,30). The van der Waals surface area contributed by atoms with E-state index in [0.717, 1.165) is 23.0 Å². The normalized spacial score (nSPS) is 15.2. The van der Waals surface area contributed by atoms with Crippen LogP contribution in [0, 0.1) is 18.7 Å². The van der Waals surface area contributed by atoms with E-state index in [4.69, 9.17) is 9.47 Å². The first-order valence-electron chi connectivity index (χ1n) is 10.5. The summed E-state index contributed by atoms with van der Waals surface area (Å²) in [7, 11) is 0. The van der Waals surface area contributed by atoms with Gasteiger partial charge in [-0.05, 0) is 31.2 Å². The number of rotatable bonds is 5. The zero-order valence-electron chi connectivity index (χ0n) is 17.9. The first-order valence-corrected chi connectivity index (χ1v) is 10.5. The van der Waals surface area contributed by atoms with Crippen LogP contribution < -0.4 is 14.8 Å². The maximum absolute atomic E-state index is 14.5. The highest BCUT2D eigenvalue weighted by Crippen LogP contribution is 2.33. The van der Waals surface area contributed by atoms with Crippen molar-refractivity contribution in [3.63, 3.8) is 0 Å². The molecule has 168 valence electrons. The predicted octanol–water partition coefficient (Wildman–Crippen LogP) is 3.07. The van der Waals surface area contributed by atoms with Crippen molar-refractivity contribution in [1.29, 1.82) is 0 Å². The number of nitrogens with one attached hydrogen (secondary N) is 1. The van der Waals surface area contributed by atoms with E-state index in [0.29, 0.717) is 31.1 Å². The number of ether oxygens (including phenoxy) is 2. The average Bonchev–Trinajstić information content (AvgIpc) is 2.79. The number of likely N-dealkylation sites (tertiary alicyclic amines) is 1. The molecule has 1 N–H and O–H groups in total. The number of pyridine rings is 2. The van der Waals surface area contributed by atoms with E-state index in [9.17, 15) is 14.0 Å². The Morgan fingerprint density at radius 2 is 2.09 bits per heavy atom. The smallest absolute Gasteiger partial charge is 0.262 e. The molecule has 1 saturated heterocycles. The van der Waals surface area contributed by atoms with Crippen LogP contribution >= 0.6 is 0 Å². The summed E-state index contributed by atoms with van der Waals surface area (Å²) in [6.07, 6.45) is 3.44. The lowest BCUT2D eigenvalue weighted by molar-refractivity contribution is -0.118. The molecule has 9 heteroatoms. The van der Waals surface area contributed by atoms with Gasteiger partial charge in [-0.1, -0.05) is 6.07 Å². The van der Waals surface area contributed by atoms with Crippen molar-refractivity contribution >= 4 is 17.5 Å². The van der Waals surface area contributed by atoms with Crippen LogP contribution in [-0.2, 0) is 4.79 Å². The fourth-order valence-corrected chi connectivity index (χ4v) is 3.94. The number of hydrogen-bond acceptors (Lipinski definition) is 6. The topological polar surface area (TPSA) is 93.7 Å². The number of nitrogens with zero attached hydrogens (tertiary/aromatic N) is 3. The number of anilines is 1. The third kappa shape index (κ3) is 4.09. The van der Waals surface area contributed by atoms with Crippen molar-refractivity contribution in [1.82, 2.24) is 14.9 Å². The lowest BCUT2D eigenvalue weighted by Crippen LogP contribution is -2.52. The number of carbonyl (C=O) groups is 2. The quantitative estimate of drug-likeness (QED) is 0.645. The Kier molecular flexibility index (Phi) is 5.37. The molecule has 8 nitrogen and oxygen atoms in total. The van der Waals surface area contributed by atoms with Crippen molar-refractivity contribution in [3.8, 4) is 22.8 Å². The van der Waals surface area contributed by atoms with Gasteiger partial charge in [-0.15, -0.1) is 0 Å². The lowest BCUT2D eigenvalue weighted by atomic mass is 9.99. The lowest BCUT2D eigenvalue weighted by Gasteiger charge is -2.39. The van der Waals surface area contributed by atoms with Crippen molar-refractivity contribution in [2.45, 2.75) is 6.92 Å². The summed E-state index contributed by atoms with van der Waals surface area (Å²) in [6, 6.07) is 9.99. The summed E-state index contributed by atoms with van der Waals surface area (Å²) in [6.45, 7) is 2.98. The number of aryl methyl sites for hydroxylation is 1. The highest BCUT2D eigenvalue weighted by molar-refractivity contribution is 6.00. The van der Waals surface area contributed by atoms with Gasteiger partial charge in [0, 0.05) is 43.0 Å². The van der Waals surface area contributed by atoms with Gasteiger partial charge in [0.2, 0.25) is 0 Å². The zero-order chi connectivity index (χ0) is 22.9. The zero-order valence-corrected chi connectivity index (χ0v) is 17.9. The van der Waals surface area contributed by atoms with Gasteiger partial charge in [0.15, 0.2) is 6.61 Å². The van der Waals surface area contributed by atoms with E-state index in [1.54, 1.807) is 17.3 Å². The molecule has 1 aromatic carbocycles. The van der Waals surface area contributed by atoms with Gasteiger partial charge < -0.3 is 19.7 Å². The van der Waals surface area contributed by atoms with E-state index < -0.39 is 11.7 Å². The number of hydrogen-bond donors (Lipinski definition) is 1. The van der Waals surface area contributed by atoms with E-state index >= 15 is 0 Å². The minimum Gasteiger partial charge on any atom is -0.491 e. The summed E-state index contributed by atoms with van der Waals surface area (Å²) < 4.78 is 25.8. The third-order valence-electron chi connectivity index (χ3n) is 5.66. The number of carbonyl (C=O) groups excluding carboxylic acids is 2. The van der Waals surface area contributed by atoms with Gasteiger partial charge in [0.1, 0.15) is 17.3 Å². The minimum absolute atomic E-state index is 0.0977. The van der Waals surface area contributed by atoms with Crippen LogP contribution in [0.15, 0.2) is 48.8 Å². The first-order chi connectivity index (χ1) is 16.0. The van der Waals surface area contributed by atoms with Crippen LogP contribution in [0.1, 0.15) is 16.1 Å². The van der Waals surface area contributed by atoms with Crippen molar-refractivity contribution < 1.29 is 23.5 Å². The molecule has 2 amide bonds. The van der Waals surface area contributed by atoms with Crippen molar-refractivity contribution in [2.24, 2.45) is 5.92 Å². The van der Waals surface area contributed by atoms with Crippen LogP contribution in [0.5, 0.6) is 11.5 Å². The van der Waals surface area contributed by atoms with Crippen LogP contribution in [0.3, 0.4) is 0 Å². The van der Waals surface area contributed by atoms with E-state index in [1.165, 1.54) is 6.07 Å². The van der Waals surface area contributed by atoms with Crippen LogP contribution in [0.4, 0.5) is 10.1 Å². The largest absolute Gasteiger partial charge is 0.491 e. The second kappa shape index (κ2) is 8.50. The number of halogens is 1. The summed E-state index contributed by atoms with van der Waals surface area (Å²) in [4.78, 5) is 34.6. The molecule has 2 aliphatic rings. The molecule has 0 spiro atoms. The molecule has 0 radical (unpaired) electrons. The minimum atomic E-state index is -0.680. The molecule has 0 atom stereocenters.